The summed E-state index contributed by atoms with van der Waals surface area (Å²) >= 11 is 3.57. The Bertz CT molecular complexity index is 397. The first-order valence-corrected chi connectivity index (χ1v) is 7.12. The number of halogens is 1. The lowest BCUT2D eigenvalue weighted by molar-refractivity contribution is 0.0847. The summed E-state index contributed by atoms with van der Waals surface area (Å²) in [5.41, 5.74) is 1.22. The molecule has 3 nitrogen and oxygen atoms in total. The highest BCUT2D eigenvalue weighted by atomic mass is 79.9. The Morgan fingerprint density at radius 3 is 2.89 bits per heavy atom. The summed E-state index contributed by atoms with van der Waals surface area (Å²) in [5.74, 6) is 0.893. The van der Waals surface area contributed by atoms with E-state index in [1.807, 2.05) is 12.1 Å². The van der Waals surface area contributed by atoms with Gasteiger partial charge in [0.15, 0.2) is 0 Å². The van der Waals surface area contributed by atoms with E-state index >= 15 is 0 Å². The maximum Gasteiger partial charge on any atom is 0.119 e. The van der Waals surface area contributed by atoms with Crippen LogP contribution in [0, 0.1) is 0 Å². The largest absolute Gasteiger partial charge is 0.497 e. The fourth-order valence-corrected chi connectivity index (χ4v) is 2.88. The summed E-state index contributed by atoms with van der Waals surface area (Å²) in [6, 6.07) is 6.51. The summed E-state index contributed by atoms with van der Waals surface area (Å²) in [5, 5.41) is 3.58. The van der Waals surface area contributed by atoms with E-state index < -0.39 is 0 Å². The van der Waals surface area contributed by atoms with Crippen LogP contribution in [0.5, 0.6) is 5.75 Å². The smallest absolute Gasteiger partial charge is 0.119 e. The van der Waals surface area contributed by atoms with Gasteiger partial charge in [-0.25, -0.2) is 0 Å². The second-order valence-electron chi connectivity index (χ2n) is 4.65. The maximum absolute atomic E-state index is 5.49. The number of ether oxygens (including phenoxy) is 2. The number of methoxy groups -OCH3 is 2. The summed E-state index contributed by atoms with van der Waals surface area (Å²) in [6.45, 7) is 0.836. The molecule has 0 aliphatic heterocycles. The van der Waals surface area contributed by atoms with E-state index in [0.717, 1.165) is 23.2 Å². The van der Waals surface area contributed by atoms with Crippen LogP contribution in [0.1, 0.15) is 24.8 Å². The van der Waals surface area contributed by atoms with Gasteiger partial charge in [0.25, 0.3) is 0 Å². The van der Waals surface area contributed by atoms with E-state index in [0.29, 0.717) is 12.1 Å². The van der Waals surface area contributed by atoms with Crippen molar-refractivity contribution in [2.45, 2.75) is 38.0 Å². The lowest BCUT2D eigenvalue weighted by Gasteiger charge is -2.20. The Hall–Kier alpha value is -0.580. The van der Waals surface area contributed by atoms with Crippen LogP contribution in [-0.2, 0) is 11.3 Å². The highest BCUT2D eigenvalue weighted by Crippen LogP contribution is 2.25. The van der Waals surface area contributed by atoms with Crippen molar-refractivity contribution in [1.82, 2.24) is 5.32 Å². The van der Waals surface area contributed by atoms with Crippen LogP contribution < -0.4 is 10.1 Å². The van der Waals surface area contributed by atoms with Gasteiger partial charge in [0, 0.05) is 24.2 Å². The lowest BCUT2D eigenvalue weighted by Crippen LogP contribution is -2.36. The Morgan fingerprint density at radius 1 is 1.33 bits per heavy atom. The Labute approximate surface area is 117 Å². The molecule has 2 unspecified atom stereocenters. The van der Waals surface area contributed by atoms with Gasteiger partial charge in [-0.1, -0.05) is 15.9 Å². The van der Waals surface area contributed by atoms with E-state index in [1.165, 1.54) is 18.4 Å². The first-order valence-electron chi connectivity index (χ1n) is 6.33. The third-order valence-electron chi connectivity index (χ3n) is 3.56. The number of rotatable bonds is 5. The molecule has 1 aliphatic rings. The first kappa shape index (κ1) is 13.8. The Balaban J connectivity index is 1.97. The quantitative estimate of drug-likeness (QED) is 0.906. The Kier molecular flexibility index (Phi) is 5.03. The van der Waals surface area contributed by atoms with Crippen LogP contribution in [-0.4, -0.2) is 26.4 Å². The van der Waals surface area contributed by atoms with Crippen LogP contribution >= 0.6 is 15.9 Å². The zero-order chi connectivity index (χ0) is 13.0. The summed E-state index contributed by atoms with van der Waals surface area (Å²) in [7, 11) is 3.49. The van der Waals surface area contributed by atoms with Crippen LogP contribution in [0.2, 0.25) is 0 Å². The minimum absolute atomic E-state index is 0.356. The van der Waals surface area contributed by atoms with Crippen molar-refractivity contribution in [2.75, 3.05) is 14.2 Å². The first-order chi connectivity index (χ1) is 8.74. The molecule has 0 spiro atoms. The standard InChI is InChI=1S/C14H20BrNO2/c1-17-11-6-7-12(15)10(8-11)9-16-13-4-3-5-14(13)18-2/h6-8,13-14,16H,3-5,9H2,1-2H3. The molecular formula is C14H20BrNO2. The van der Waals surface area contributed by atoms with Gasteiger partial charge in [0.1, 0.15) is 5.75 Å². The third kappa shape index (κ3) is 3.25. The molecule has 1 aliphatic carbocycles. The molecule has 1 aromatic carbocycles. The van der Waals surface area contributed by atoms with Crippen LogP contribution in [0.15, 0.2) is 22.7 Å². The molecule has 0 radical (unpaired) electrons. The van der Waals surface area contributed by atoms with E-state index in [-0.39, 0.29) is 0 Å². The highest BCUT2D eigenvalue weighted by Gasteiger charge is 2.26. The summed E-state index contributed by atoms with van der Waals surface area (Å²) < 4.78 is 11.9. The van der Waals surface area contributed by atoms with Crippen LogP contribution in [0.3, 0.4) is 0 Å². The molecule has 4 heteroatoms. The van der Waals surface area contributed by atoms with Crippen molar-refractivity contribution in [2.24, 2.45) is 0 Å². The Morgan fingerprint density at radius 2 is 2.17 bits per heavy atom. The second kappa shape index (κ2) is 6.55. The molecule has 0 aromatic heterocycles. The van der Waals surface area contributed by atoms with Crippen molar-refractivity contribution < 1.29 is 9.47 Å². The van der Waals surface area contributed by atoms with Gasteiger partial charge < -0.3 is 14.8 Å². The minimum atomic E-state index is 0.356. The number of benzene rings is 1. The van der Waals surface area contributed by atoms with Crippen molar-refractivity contribution in [1.29, 1.82) is 0 Å². The van der Waals surface area contributed by atoms with Crippen LogP contribution in [0.25, 0.3) is 0 Å². The molecule has 2 atom stereocenters. The predicted molar refractivity (Wildman–Crippen MR) is 76.0 cm³/mol. The fraction of sp³-hybridized carbons (Fsp3) is 0.571. The molecule has 0 bridgehead atoms. The van der Waals surface area contributed by atoms with Gasteiger partial charge in [0.05, 0.1) is 13.2 Å². The molecule has 0 saturated heterocycles. The van der Waals surface area contributed by atoms with Gasteiger partial charge >= 0.3 is 0 Å². The van der Waals surface area contributed by atoms with Gasteiger partial charge in [-0.05, 0) is 43.0 Å². The SMILES string of the molecule is COc1ccc(Br)c(CNC2CCCC2OC)c1. The van der Waals surface area contributed by atoms with Crippen molar-refractivity contribution >= 4 is 15.9 Å². The zero-order valence-electron chi connectivity index (χ0n) is 10.9. The molecule has 1 fully saturated rings. The summed E-state index contributed by atoms with van der Waals surface area (Å²) in [4.78, 5) is 0. The van der Waals surface area contributed by atoms with E-state index in [9.17, 15) is 0 Å². The average Bonchev–Trinajstić information content (AvgIpc) is 2.85. The lowest BCUT2D eigenvalue weighted by atomic mass is 10.1. The number of hydrogen-bond acceptors (Lipinski definition) is 3. The van der Waals surface area contributed by atoms with Crippen molar-refractivity contribution in [3.8, 4) is 5.75 Å². The zero-order valence-corrected chi connectivity index (χ0v) is 12.5. The van der Waals surface area contributed by atoms with Gasteiger partial charge in [0.2, 0.25) is 0 Å². The third-order valence-corrected chi connectivity index (χ3v) is 4.34. The maximum atomic E-state index is 5.49. The van der Waals surface area contributed by atoms with Gasteiger partial charge in [-0.15, -0.1) is 0 Å². The minimum Gasteiger partial charge on any atom is -0.497 e. The van der Waals surface area contributed by atoms with Gasteiger partial charge in [-0.2, -0.15) is 0 Å². The molecule has 0 heterocycles. The van der Waals surface area contributed by atoms with E-state index in [4.69, 9.17) is 9.47 Å². The fourth-order valence-electron chi connectivity index (χ4n) is 2.50. The van der Waals surface area contributed by atoms with Crippen LogP contribution in [0.4, 0.5) is 0 Å². The highest BCUT2D eigenvalue weighted by molar-refractivity contribution is 9.10. The normalized spacial score (nSPS) is 23.3. The topological polar surface area (TPSA) is 30.5 Å². The molecule has 100 valence electrons. The second-order valence-corrected chi connectivity index (χ2v) is 5.50. The number of hydrogen-bond donors (Lipinski definition) is 1. The monoisotopic (exact) mass is 313 g/mol. The molecule has 1 aromatic rings. The molecular weight excluding hydrogens is 294 g/mol. The van der Waals surface area contributed by atoms with E-state index in [2.05, 4.69) is 27.3 Å². The molecule has 2 rings (SSSR count). The average molecular weight is 314 g/mol. The predicted octanol–water partition coefficient (Wildman–Crippen LogP) is 3.11. The molecule has 0 amide bonds. The van der Waals surface area contributed by atoms with Crippen molar-refractivity contribution in [3.05, 3.63) is 28.2 Å². The number of nitrogens with one attached hydrogen (secondary N) is 1. The molecule has 18 heavy (non-hydrogen) atoms. The van der Waals surface area contributed by atoms with Gasteiger partial charge in [-0.3, -0.25) is 0 Å². The summed E-state index contributed by atoms with van der Waals surface area (Å²) in [6.07, 6.45) is 3.96. The van der Waals surface area contributed by atoms with Crippen molar-refractivity contribution in [3.63, 3.8) is 0 Å². The van der Waals surface area contributed by atoms with E-state index in [1.54, 1.807) is 14.2 Å². The molecule has 1 N–H and O–H groups in total. The molecule has 1 saturated carbocycles.